The summed E-state index contributed by atoms with van der Waals surface area (Å²) in [7, 11) is 0. The molecule has 0 fully saturated rings. The number of fused-ring (bicyclic) bond motifs is 1. The second-order valence-corrected chi connectivity index (χ2v) is 5.20. The summed E-state index contributed by atoms with van der Waals surface area (Å²) in [6.45, 7) is 2.20. The van der Waals surface area contributed by atoms with Crippen LogP contribution in [0.2, 0.25) is 0 Å². The molecule has 0 saturated carbocycles. The lowest BCUT2D eigenvalue weighted by molar-refractivity contribution is -0.123. The van der Waals surface area contributed by atoms with E-state index < -0.39 is 0 Å². The number of nitrogens with zero attached hydrogens (tertiary/aromatic N) is 1. The number of hydrazone groups is 1. The van der Waals surface area contributed by atoms with Gasteiger partial charge in [-0.05, 0) is 47.9 Å². The van der Waals surface area contributed by atoms with E-state index in [0.29, 0.717) is 17.2 Å². The molecule has 2 aromatic rings. The topological polar surface area (TPSA) is 69.2 Å². The van der Waals surface area contributed by atoms with Crippen LogP contribution >= 0.6 is 0 Å². The highest BCUT2D eigenvalue weighted by Gasteiger charge is 2.12. The fourth-order valence-corrected chi connectivity index (χ4v) is 2.21. The van der Waals surface area contributed by atoms with Gasteiger partial charge in [0.05, 0.1) is 6.21 Å². The molecule has 0 aliphatic carbocycles. The number of nitrogens with one attached hydrogen (secondary N) is 1. The first kappa shape index (κ1) is 15.9. The van der Waals surface area contributed by atoms with Crippen molar-refractivity contribution >= 4 is 12.1 Å². The number of ether oxygens (including phenoxy) is 3. The molecular formula is C18H18N2O4. The number of rotatable bonds is 6. The normalized spacial score (nSPS) is 12.4. The lowest BCUT2D eigenvalue weighted by Gasteiger charge is -2.06. The van der Waals surface area contributed by atoms with Crippen LogP contribution in [0.5, 0.6) is 17.2 Å². The van der Waals surface area contributed by atoms with E-state index in [1.54, 1.807) is 12.1 Å². The van der Waals surface area contributed by atoms with E-state index >= 15 is 0 Å². The van der Waals surface area contributed by atoms with Gasteiger partial charge in [0.25, 0.3) is 5.91 Å². The fraction of sp³-hybridized carbons (Fsp3) is 0.222. The third-order valence-corrected chi connectivity index (χ3v) is 3.48. The van der Waals surface area contributed by atoms with E-state index in [1.165, 1.54) is 6.21 Å². The van der Waals surface area contributed by atoms with Gasteiger partial charge in [0.15, 0.2) is 18.1 Å². The van der Waals surface area contributed by atoms with Crippen LogP contribution in [0.25, 0.3) is 0 Å². The number of hydrogen-bond donors (Lipinski definition) is 1. The third-order valence-electron chi connectivity index (χ3n) is 3.48. The van der Waals surface area contributed by atoms with E-state index in [2.05, 4.69) is 17.5 Å². The highest BCUT2D eigenvalue weighted by molar-refractivity contribution is 5.83. The Kier molecular flexibility index (Phi) is 4.96. The van der Waals surface area contributed by atoms with E-state index in [0.717, 1.165) is 17.5 Å². The molecule has 1 aliphatic rings. The largest absolute Gasteiger partial charge is 0.484 e. The molecule has 0 atom stereocenters. The molecule has 0 aromatic heterocycles. The lowest BCUT2D eigenvalue weighted by atomic mass is 10.2. The third kappa shape index (κ3) is 4.04. The molecule has 2 aromatic carbocycles. The van der Waals surface area contributed by atoms with Crippen LogP contribution in [-0.2, 0) is 11.2 Å². The van der Waals surface area contributed by atoms with Crippen molar-refractivity contribution in [3.8, 4) is 17.2 Å². The molecule has 24 heavy (non-hydrogen) atoms. The zero-order valence-corrected chi connectivity index (χ0v) is 13.3. The van der Waals surface area contributed by atoms with Crippen LogP contribution < -0.4 is 19.6 Å². The van der Waals surface area contributed by atoms with E-state index in [-0.39, 0.29) is 19.3 Å². The lowest BCUT2D eigenvalue weighted by Crippen LogP contribution is -2.24. The molecule has 6 nitrogen and oxygen atoms in total. The summed E-state index contributed by atoms with van der Waals surface area (Å²) in [6.07, 6.45) is 2.46. The number of carbonyl (C=O) groups is 1. The molecule has 1 aliphatic heterocycles. The maximum absolute atomic E-state index is 11.8. The Morgan fingerprint density at radius 1 is 1.25 bits per heavy atom. The number of benzene rings is 2. The van der Waals surface area contributed by atoms with Gasteiger partial charge in [-0.15, -0.1) is 0 Å². The molecule has 3 rings (SSSR count). The zero-order chi connectivity index (χ0) is 16.8. The highest BCUT2D eigenvalue weighted by Crippen LogP contribution is 2.31. The second-order valence-electron chi connectivity index (χ2n) is 5.20. The summed E-state index contributed by atoms with van der Waals surface area (Å²) < 4.78 is 16.0. The van der Waals surface area contributed by atoms with Crippen molar-refractivity contribution in [2.45, 2.75) is 13.3 Å². The summed E-state index contributed by atoms with van der Waals surface area (Å²) in [5, 5.41) is 3.91. The van der Waals surface area contributed by atoms with Crippen LogP contribution in [0.3, 0.4) is 0 Å². The summed E-state index contributed by atoms with van der Waals surface area (Å²) in [6, 6.07) is 13.1. The van der Waals surface area contributed by atoms with Crippen molar-refractivity contribution in [1.82, 2.24) is 5.43 Å². The van der Waals surface area contributed by atoms with Gasteiger partial charge in [-0.25, -0.2) is 5.43 Å². The van der Waals surface area contributed by atoms with Gasteiger partial charge in [0.1, 0.15) is 5.75 Å². The summed E-state index contributed by atoms with van der Waals surface area (Å²) >= 11 is 0. The van der Waals surface area contributed by atoms with Crippen LogP contribution in [0.1, 0.15) is 18.1 Å². The standard InChI is InChI=1S/C18H18N2O4/c1-2-13-4-3-5-15(8-13)22-11-18(21)20-19-10-14-6-7-16-17(9-14)24-12-23-16/h3-10H,2,11-12H2,1H3,(H,20,21)/b19-10+. The Labute approximate surface area is 140 Å². The summed E-state index contributed by atoms with van der Waals surface area (Å²) in [5.41, 5.74) is 4.39. The van der Waals surface area contributed by atoms with Crippen LogP contribution in [0, 0.1) is 0 Å². The van der Waals surface area contributed by atoms with E-state index in [4.69, 9.17) is 14.2 Å². The molecule has 0 unspecified atom stereocenters. The Hall–Kier alpha value is -3.02. The van der Waals surface area contributed by atoms with E-state index in [9.17, 15) is 4.79 Å². The van der Waals surface area contributed by atoms with Crippen LogP contribution in [0.15, 0.2) is 47.6 Å². The molecule has 1 heterocycles. The predicted molar refractivity (Wildman–Crippen MR) is 89.6 cm³/mol. The first-order valence-electron chi connectivity index (χ1n) is 7.68. The van der Waals surface area contributed by atoms with Crippen LogP contribution in [-0.4, -0.2) is 25.5 Å². The minimum Gasteiger partial charge on any atom is -0.484 e. The SMILES string of the molecule is CCc1cccc(OCC(=O)N/N=C/c2ccc3c(c2)OCO3)c1. The number of carbonyl (C=O) groups excluding carboxylic acids is 1. The molecular weight excluding hydrogens is 308 g/mol. The quantitative estimate of drug-likeness (QED) is 0.654. The van der Waals surface area contributed by atoms with Gasteiger partial charge in [0.2, 0.25) is 6.79 Å². The first-order valence-corrected chi connectivity index (χ1v) is 7.68. The number of amides is 1. The van der Waals surface area contributed by atoms with Crippen molar-refractivity contribution in [3.63, 3.8) is 0 Å². The van der Waals surface area contributed by atoms with Gasteiger partial charge >= 0.3 is 0 Å². The predicted octanol–water partition coefficient (Wildman–Crippen LogP) is 2.51. The van der Waals surface area contributed by atoms with Gasteiger partial charge in [-0.3, -0.25) is 4.79 Å². The van der Waals surface area contributed by atoms with Crippen molar-refractivity contribution in [3.05, 3.63) is 53.6 Å². The Balaban J connectivity index is 1.48. The summed E-state index contributed by atoms with van der Waals surface area (Å²) in [5.74, 6) is 1.72. The van der Waals surface area contributed by atoms with Crippen molar-refractivity contribution < 1.29 is 19.0 Å². The first-order chi connectivity index (χ1) is 11.7. The molecule has 124 valence electrons. The highest BCUT2D eigenvalue weighted by atomic mass is 16.7. The fourth-order valence-electron chi connectivity index (χ4n) is 2.21. The number of aryl methyl sites for hydroxylation is 1. The minimum atomic E-state index is -0.325. The average molecular weight is 326 g/mol. The molecule has 0 radical (unpaired) electrons. The van der Waals surface area contributed by atoms with Crippen LogP contribution in [0.4, 0.5) is 0 Å². The maximum atomic E-state index is 11.8. The monoisotopic (exact) mass is 326 g/mol. The Bertz CT molecular complexity index is 758. The van der Waals surface area contributed by atoms with Crippen molar-refractivity contribution in [2.24, 2.45) is 5.10 Å². The molecule has 0 bridgehead atoms. The molecule has 0 saturated heterocycles. The van der Waals surface area contributed by atoms with Gasteiger partial charge in [-0.2, -0.15) is 5.10 Å². The van der Waals surface area contributed by atoms with E-state index in [1.807, 2.05) is 30.3 Å². The smallest absolute Gasteiger partial charge is 0.277 e. The average Bonchev–Trinajstić information content (AvgIpc) is 3.08. The Morgan fingerprint density at radius 3 is 3.00 bits per heavy atom. The minimum absolute atomic E-state index is 0.0916. The Morgan fingerprint density at radius 2 is 2.12 bits per heavy atom. The zero-order valence-electron chi connectivity index (χ0n) is 13.3. The van der Waals surface area contributed by atoms with Crippen molar-refractivity contribution in [2.75, 3.05) is 13.4 Å². The van der Waals surface area contributed by atoms with Gasteiger partial charge in [-0.1, -0.05) is 19.1 Å². The molecule has 1 N–H and O–H groups in total. The maximum Gasteiger partial charge on any atom is 0.277 e. The molecule has 0 spiro atoms. The van der Waals surface area contributed by atoms with Gasteiger partial charge in [0, 0.05) is 0 Å². The summed E-state index contributed by atoms with van der Waals surface area (Å²) in [4.78, 5) is 11.8. The number of hydrogen-bond acceptors (Lipinski definition) is 5. The molecule has 6 heteroatoms. The van der Waals surface area contributed by atoms with Gasteiger partial charge < -0.3 is 14.2 Å². The molecule has 1 amide bonds. The van der Waals surface area contributed by atoms with Crippen molar-refractivity contribution in [1.29, 1.82) is 0 Å². The second kappa shape index (κ2) is 7.50.